The van der Waals surface area contributed by atoms with Crippen LogP contribution in [0.4, 0.5) is 0 Å². The van der Waals surface area contributed by atoms with Crippen LogP contribution in [0.1, 0.15) is 52.9 Å². The second-order valence-electron chi connectivity index (χ2n) is 11.1. The number of likely N-dealkylation sites (tertiary alicyclic amines) is 1. The topological polar surface area (TPSA) is 316 Å². The predicted molar refractivity (Wildman–Crippen MR) is 160 cm³/mol. The third-order valence-electron chi connectivity index (χ3n) is 7.21. The Labute approximate surface area is 266 Å². The van der Waals surface area contributed by atoms with Crippen LogP contribution >= 0.6 is 0 Å². The van der Waals surface area contributed by atoms with E-state index < -0.39 is 103 Å². The zero-order valence-electron chi connectivity index (χ0n) is 26.2. The lowest BCUT2D eigenvalue weighted by Crippen LogP contribution is -2.61. The van der Waals surface area contributed by atoms with Crippen LogP contribution < -0.4 is 38.1 Å². The number of carboxylic acids is 1. The summed E-state index contributed by atoms with van der Waals surface area (Å²) in [4.78, 5) is 89.0. The highest BCUT2D eigenvalue weighted by Gasteiger charge is 2.37. The van der Waals surface area contributed by atoms with Gasteiger partial charge in [-0.2, -0.15) is 0 Å². The zero-order chi connectivity index (χ0) is 35.1. The first-order valence-electron chi connectivity index (χ1n) is 15.0. The number of nitrogens with one attached hydrogen (secondary N) is 5. The van der Waals surface area contributed by atoms with Crippen LogP contribution in [0.2, 0.25) is 0 Å². The molecule has 0 spiro atoms. The van der Waals surface area contributed by atoms with E-state index in [1.807, 2.05) is 0 Å². The molecule has 1 fully saturated rings. The van der Waals surface area contributed by atoms with E-state index in [-0.39, 0.29) is 19.4 Å². The molecule has 1 rings (SSSR count). The van der Waals surface area contributed by atoms with Gasteiger partial charge in [-0.1, -0.05) is 0 Å². The molecule has 0 aromatic carbocycles. The summed E-state index contributed by atoms with van der Waals surface area (Å²) in [6.07, 6.45) is -1.27. The van der Waals surface area contributed by atoms with Gasteiger partial charge >= 0.3 is 5.97 Å². The van der Waals surface area contributed by atoms with Gasteiger partial charge in [0.15, 0.2) is 6.04 Å². The number of hydrogen-bond donors (Lipinski definition) is 11. The fourth-order valence-electron chi connectivity index (χ4n) is 4.54. The van der Waals surface area contributed by atoms with Gasteiger partial charge in [0.05, 0.1) is 31.4 Å². The molecule has 0 radical (unpaired) electrons. The molecule has 262 valence electrons. The number of amides is 6. The number of aliphatic carboxylic acids is 1. The Hall–Kier alpha value is -3.91. The van der Waals surface area contributed by atoms with Gasteiger partial charge in [0, 0.05) is 6.54 Å². The smallest absolute Gasteiger partial charge is 0.328 e. The van der Waals surface area contributed by atoms with Crippen molar-refractivity contribution in [2.24, 2.45) is 11.5 Å². The fraction of sp³-hybridized carbons (Fsp3) is 0.741. The lowest BCUT2D eigenvalue weighted by Gasteiger charge is -2.27. The van der Waals surface area contributed by atoms with Crippen LogP contribution in [-0.4, -0.2) is 141 Å². The average molecular weight is 661 g/mol. The van der Waals surface area contributed by atoms with Crippen molar-refractivity contribution < 1.29 is 54.0 Å². The normalized spacial score (nSPS) is 19.0. The molecule has 19 heteroatoms. The van der Waals surface area contributed by atoms with E-state index in [2.05, 4.69) is 26.6 Å². The maximum Gasteiger partial charge on any atom is 0.328 e. The van der Waals surface area contributed by atoms with Gasteiger partial charge in [-0.15, -0.1) is 0 Å². The highest BCUT2D eigenvalue weighted by molar-refractivity contribution is 5.96. The first-order chi connectivity index (χ1) is 21.5. The van der Waals surface area contributed by atoms with E-state index >= 15 is 0 Å². The van der Waals surface area contributed by atoms with Crippen molar-refractivity contribution in [2.75, 3.05) is 26.2 Å². The fourth-order valence-corrected chi connectivity index (χ4v) is 4.54. The van der Waals surface area contributed by atoms with E-state index in [1.54, 1.807) is 0 Å². The van der Waals surface area contributed by atoms with E-state index in [4.69, 9.17) is 11.5 Å². The number of aliphatic hydroxyl groups is 3. The number of carboxylic acid groups (broad SMARTS) is 1. The van der Waals surface area contributed by atoms with E-state index in [1.165, 1.54) is 25.7 Å². The van der Waals surface area contributed by atoms with Crippen molar-refractivity contribution in [3.63, 3.8) is 0 Å². The number of carbonyl (C=O) groups is 7. The van der Waals surface area contributed by atoms with Crippen LogP contribution in [0, 0.1) is 0 Å². The maximum atomic E-state index is 13.1. The van der Waals surface area contributed by atoms with Crippen molar-refractivity contribution in [2.45, 2.75) is 101 Å². The van der Waals surface area contributed by atoms with Gasteiger partial charge < -0.3 is 63.4 Å². The molecule has 0 unspecified atom stereocenters. The molecule has 1 aliphatic rings. The van der Waals surface area contributed by atoms with Crippen LogP contribution in [0.25, 0.3) is 0 Å². The Bertz CT molecular complexity index is 1090. The summed E-state index contributed by atoms with van der Waals surface area (Å²) in [7, 11) is 0. The number of nitrogens with zero attached hydrogens (tertiary/aromatic N) is 1. The van der Waals surface area contributed by atoms with Crippen LogP contribution in [0.15, 0.2) is 0 Å². The van der Waals surface area contributed by atoms with Crippen molar-refractivity contribution in [1.29, 1.82) is 0 Å². The number of carbonyl (C=O) groups excluding carboxylic acids is 6. The van der Waals surface area contributed by atoms with Gasteiger partial charge in [-0.3, -0.25) is 28.8 Å². The quantitative estimate of drug-likeness (QED) is 0.0576. The second kappa shape index (κ2) is 19.6. The van der Waals surface area contributed by atoms with Crippen molar-refractivity contribution in [1.82, 2.24) is 31.5 Å². The molecule has 6 amide bonds. The summed E-state index contributed by atoms with van der Waals surface area (Å²) < 4.78 is 0. The molecular formula is C27H48N8O11. The third kappa shape index (κ3) is 12.5. The molecule has 13 N–H and O–H groups in total. The third-order valence-corrected chi connectivity index (χ3v) is 7.21. The molecule has 46 heavy (non-hydrogen) atoms. The minimum Gasteiger partial charge on any atom is -0.480 e. The number of rotatable bonds is 19. The largest absolute Gasteiger partial charge is 0.480 e. The Balaban J connectivity index is 2.95. The van der Waals surface area contributed by atoms with Gasteiger partial charge in [0.25, 0.3) is 0 Å². The summed E-state index contributed by atoms with van der Waals surface area (Å²) in [5.41, 5.74) is 11.0. The molecule has 0 aromatic heterocycles. The number of nitrogens with two attached hydrogens (primary N) is 2. The molecule has 0 saturated carbocycles. The van der Waals surface area contributed by atoms with Crippen molar-refractivity contribution in [3.8, 4) is 0 Å². The van der Waals surface area contributed by atoms with Crippen molar-refractivity contribution >= 4 is 41.4 Å². The number of hydrogen-bond acceptors (Lipinski definition) is 12. The van der Waals surface area contributed by atoms with Gasteiger partial charge in [-0.25, -0.2) is 4.79 Å². The van der Waals surface area contributed by atoms with Crippen LogP contribution in [0.5, 0.6) is 0 Å². The molecule has 19 nitrogen and oxygen atoms in total. The lowest BCUT2D eigenvalue weighted by molar-refractivity contribution is -0.146. The monoisotopic (exact) mass is 660 g/mol. The maximum absolute atomic E-state index is 13.1. The molecule has 0 bridgehead atoms. The molecule has 0 aliphatic carbocycles. The summed E-state index contributed by atoms with van der Waals surface area (Å²) >= 11 is 0. The second-order valence-corrected chi connectivity index (χ2v) is 11.1. The number of aliphatic hydroxyl groups excluding tert-OH is 3. The average Bonchev–Trinajstić information content (AvgIpc) is 3.48. The molecule has 0 aromatic rings. The van der Waals surface area contributed by atoms with Crippen LogP contribution in [0.3, 0.4) is 0 Å². The zero-order valence-corrected chi connectivity index (χ0v) is 26.2. The Morgan fingerprint density at radius 3 is 1.96 bits per heavy atom. The first kappa shape index (κ1) is 40.1. The lowest BCUT2D eigenvalue weighted by atomic mass is 10.1. The minimum atomic E-state index is -1.61. The SMILES string of the molecule is C[C@H](N)C(=O)N[C@@H](CO)C(=O)N[C@H](C(=O)N[C@@H](CCCCN)C(=O)NCC(=O)N1CCC[C@H]1C(=O)N[C@H](C(=O)O)[C@@H](C)O)[C@@H](C)O. The number of unbranched alkanes of at least 4 members (excludes halogenated alkanes) is 1. The van der Waals surface area contributed by atoms with E-state index in [9.17, 15) is 54.0 Å². The van der Waals surface area contributed by atoms with Gasteiger partial charge in [-0.05, 0) is 59.4 Å². The minimum absolute atomic E-state index is 0.0673. The highest BCUT2D eigenvalue weighted by atomic mass is 16.4. The summed E-state index contributed by atoms with van der Waals surface area (Å²) in [6.45, 7) is 2.79. The van der Waals surface area contributed by atoms with Crippen LogP contribution in [-0.2, 0) is 33.6 Å². The predicted octanol–water partition coefficient (Wildman–Crippen LogP) is -5.65. The molecule has 8 atom stereocenters. The molecule has 1 saturated heterocycles. The van der Waals surface area contributed by atoms with E-state index in [0.717, 1.165) is 0 Å². The molecule has 1 aliphatic heterocycles. The summed E-state index contributed by atoms with van der Waals surface area (Å²) in [5.74, 6) is -6.38. The summed E-state index contributed by atoms with van der Waals surface area (Å²) in [5, 5.41) is 50.1. The molecular weight excluding hydrogens is 612 g/mol. The highest BCUT2D eigenvalue weighted by Crippen LogP contribution is 2.18. The summed E-state index contributed by atoms with van der Waals surface area (Å²) in [6, 6.07) is -7.94. The van der Waals surface area contributed by atoms with E-state index in [0.29, 0.717) is 25.8 Å². The molecule has 1 heterocycles. The first-order valence-corrected chi connectivity index (χ1v) is 15.0. The van der Waals surface area contributed by atoms with Gasteiger partial charge in [0.1, 0.15) is 24.2 Å². The Kier molecular flexibility index (Phi) is 17.1. The van der Waals surface area contributed by atoms with Gasteiger partial charge in [0.2, 0.25) is 35.4 Å². The standard InChI is InChI=1S/C27H48N8O11/c1-13(29)22(40)32-17(12-36)24(42)33-20(14(2)37)26(44)31-16(7-4-5-9-28)23(41)30-11-19(39)35-10-6-8-18(35)25(43)34-21(15(3)38)27(45)46/h13-18,20-21,36-38H,4-12,28-29H2,1-3H3,(H,30,41)(H,31,44)(H,32,40)(H,33,42)(H,34,43)(H,45,46)/t13-,14+,15+,16-,17-,18-,20-,21-/m0/s1. The van der Waals surface area contributed by atoms with Crippen molar-refractivity contribution in [3.05, 3.63) is 0 Å². The Morgan fingerprint density at radius 2 is 1.43 bits per heavy atom. The Morgan fingerprint density at radius 1 is 0.826 bits per heavy atom.